The van der Waals surface area contributed by atoms with E-state index in [2.05, 4.69) is 60.7 Å². The molecule has 0 bridgehead atoms. The largest absolute Gasteiger partial charge is 0.514 e. The lowest BCUT2D eigenvalue weighted by Crippen LogP contribution is -2.25. The van der Waals surface area contributed by atoms with Gasteiger partial charge in [-0.2, -0.15) is 10.9 Å². The SMILES string of the molecule is CC(C)(C)OC(=O)Oc1ccc(Oc2ccc([SH]3c4ccccc4-c4ccccc43)cc2)cc1. The van der Waals surface area contributed by atoms with Crippen LogP contribution in [0.25, 0.3) is 11.1 Å². The number of thiol groups is 1. The van der Waals surface area contributed by atoms with Crippen LogP contribution < -0.4 is 9.47 Å². The Hall–Kier alpha value is -3.70. The monoisotopic (exact) mass is 470 g/mol. The first kappa shape index (κ1) is 22.1. The molecule has 1 heterocycles. The molecule has 34 heavy (non-hydrogen) atoms. The van der Waals surface area contributed by atoms with Crippen molar-refractivity contribution in [3.05, 3.63) is 97.1 Å². The highest BCUT2D eigenvalue weighted by atomic mass is 32.2. The lowest BCUT2D eigenvalue weighted by molar-refractivity contribution is 0.0206. The third-order valence-electron chi connectivity index (χ3n) is 5.33. The number of ether oxygens (including phenoxy) is 3. The minimum absolute atomic E-state index is 0.401. The summed E-state index contributed by atoms with van der Waals surface area (Å²) in [6.45, 7) is 5.38. The van der Waals surface area contributed by atoms with Crippen LogP contribution in [0.15, 0.2) is 112 Å². The Bertz CT molecular complexity index is 1280. The lowest BCUT2D eigenvalue weighted by atomic mass is 10.1. The fourth-order valence-corrected chi connectivity index (χ4v) is 6.55. The van der Waals surface area contributed by atoms with Gasteiger partial charge in [-0.15, -0.1) is 0 Å². The quantitative estimate of drug-likeness (QED) is 0.163. The van der Waals surface area contributed by atoms with E-state index in [9.17, 15) is 4.79 Å². The minimum Gasteiger partial charge on any atom is -0.457 e. The number of carbonyl (C=O) groups is 1. The molecule has 0 amide bonds. The number of fused-ring (bicyclic) bond motifs is 3. The number of hydrogen-bond donors (Lipinski definition) is 1. The first-order valence-electron chi connectivity index (χ1n) is 11.1. The molecular formula is C29H26O4S. The maximum absolute atomic E-state index is 11.8. The van der Waals surface area contributed by atoms with Crippen LogP contribution in [0.4, 0.5) is 4.79 Å². The maximum atomic E-state index is 11.8. The summed E-state index contributed by atoms with van der Waals surface area (Å²) < 4.78 is 16.4. The van der Waals surface area contributed by atoms with Crippen molar-refractivity contribution in [1.29, 1.82) is 0 Å². The first-order chi connectivity index (χ1) is 16.4. The van der Waals surface area contributed by atoms with E-state index >= 15 is 0 Å². The fraction of sp³-hybridized carbons (Fsp3) is 0.138. The van der Waals surface area contributed by atoms with Crippen molar-refractivity contribution in [2.24, 2.45) is 0 Å². The number of rotatable bonds is 4. The van der Waals surface area contributed by atoms with Crippen molar-refractivity contribution in [2.75, 3.05) is 0 Å². The van der Waals surface area contributed by atoms with Crippen LogP contribution in [0.2, 0.25) is 0 Å². The van der Waals surface area contributed by atoms with Gasteiger partial charge in [0.15, 0.2) is 0 Å². The van der Waals surface area contributed by atoms with Crippen molar-refractivity contribution in [2.45, 2.75) is 41.1 Å². The van der Waals surface area contributed by atoms with E-state index in [0.29, 0.717) is 11.5 Å². The molecule has 4 aromatic rings. The molecule has 172 valence electrons. The summed E-state index contributed by atoms with van der Waals surface area (Å²) in [5.41, 5.74) is 2.06. The predicted molar refractivity (Wildman–Crippen MR) is 135 cm³/mol. The molecule has 0 atom stereocenters. The molecule has 0 aliphatic carbocycles. The number of hydrogen-bond acceptors (Lipinski definition) is 4. The Kier molecular flexibility index (Phi) is 5.80. The first-order valence-corrected chi connectivity index (χ1v) is 12.5. The second-order valence-electron chi connectivity index (χ2n) is 9.00. The van der Waals surface area contributed by atoms with Crippen molar-refractivity contribution in [3.8, 4) is 28.4 Å². The van der Waals surface area contributed by atoms with Crippen LogP contribution in [0.5, 0.6) is 17.2 Å². The zero-order valence-electron chi connectivity index (χ0n) is 19.3. The van der Waals surface area contributed by atoms with Gasteiger partial charge in [-0.05, 0) is 97.5 Å². The summed E-state index contributed by atoms with van der Waals surface area (Å²) in [4.78, 5) is 15.9. The molecule has 0 N–H and O–H groups in total. The molecule has 0 aromatic heterocycles. The molecule has 4 nitrogen and oxygen atoms in total. The molecular weight excluding hydrogens is 444 g/mol. The summed E-state index contributed by atoms with van der Waals surface area (Å²) in [7, 11) is -0.583. The number of benzene rings is 4. The fourth-order valence-electron chi connectivity index (χ4n) is 3.94. The van der Waals surface area contributed by atoms with Gasteiger partial charge in [-0.25, -0.2) is 4.79 Å². The highest BCUT2D eigenvalue weighted by Gasteiger charge is 2.26. The average Bonchev–Trinajstić information content (AvgIpc) is 3.14. The topological polar surface area (TPSA) is 44.8 Å². The van der Waals surface area contributed by atoms with Crippen LogP contribution in [-0.2, 0) is 4.74 Å². The molecule has 0 spiro atoms. The highest BCUT2D eigenvalue weighted by Crippen LogP contribution is 2.62. The molecule has 0 radical (unpaired) electrons. The van der Waals surface area contributed by atoms with Crippen molar-refractivity contribution < 1.29 is 19.0 Å². The molecule has 1 aliphatic heterocycles. The molecule has 5 rings (SSSR count). The second-order valence-corrected chi connectivity index (χ2v) is 11.2. The van der Waals surface area contributed by atoms with Crippen LogP contribution >= 0.6 is 10.9 Å². The molecule has 1 aliphatic rings. The molecule has 0 saturated carbocycles. The molecule has 0 fully saturated rings. The van der Waals surface area contributed by atoms with Gasteiger partial charge in [0.05, 0.1) is 0 Å². The van der Waals surface area contributed by atoms with E-state index in [1.165, 1.54) is 25.8 Å². The molecule has 5 heteroatoms. The van der Waals surface area contributed by atoms with Gasteiger partial charge in [-0.3, -0.25) is 0 Å². The predicted octanol–water partition coefficient (Wildman–Crippen LogP) is 8.25. The Labute approximate surface area is 202 Å². The Morgan fingerprint density at radius 1 is 0.647 bits per heavy atom. The Balaban J connectivity index is 1.30. The van der Waals surface area contributed by atoms with Crippen molar-refractivity contribution in [3.63, 3.8) is 0 Å². The van der Waals surface area contributed by atoms with E-state index < -0.39 is 22.7 Å². The van der Waals surface area contributed by atoms with E-state index in [1.54, 1.807) is 45.0 Å². The van der Waals surface area contributed by atoms with Crippen LogP contribution in [0.1, 0.15) is 20.8 Å². The normalized spacial score (nSPS) is 13.1. The third kappa shape index (κ3) is 4.66. The van der Waals surface area contributed by atoms with Gasteiger partial charge in [0, 0.05) is 9.79 Å². The van der Waals surface area contributed by atoms with Gasteiger partial charge in [0.25, 0.3) is 0 Å². The van der Waals surface area contributed by atoms with Crippen molar-refractivity contribution in [1.82, 2.24) is 0 Å². The lowest BCUT2D eigenvalue weighted by Gasteiger charge is -2.19. The maximum Gasteiger partial charge on any atom is 0.514 e. The van der Waals surface area contributed by atoms with E-state index in [0.717, 1.165) is 5.75 Å². The Morgan fingerprint density at radius 2 is 1.12 bits per heavy atom. The van der Waals surface area contributed by atoms with Crippen LogP contribution in [0, 0.1) is 0 Å². The zero-order valence-corrected chi connectivity index (χ0v) is 20.2. The molecule has 0 unspecified atom stereocenters. The highest BCUT2D eigenvalue weighted by molar-refractivity contribution is 8.17. The summed E-state index contributed by atoms with van der Waals surface area (Å²) in [5.74, 6) is 1.81. The van der Waals surface area contributed by atoms with Gasteiger partial charge in [0.2, 0.25) is 0 Å². The summed E-state index contributed by atoms with van der Waals surface area (Å²) in [6, 6.07) is 32.6. The summed E-state index contributed by atoms with van der Waals surface area (Å²) in [5, 5.41) is 0. The molecule has 0 saturated heterocycles. The van der Waals surface area contributed by atoms with Crippen LogP contribution in [0.3, 0.4) is 0 Å². The molecule has 4 aromatic carbocycles. The summed E-state index contributed by atoms with van der Waals surface area (Å²) >= 11 is 0. The zero-order chi connectivity index (χ0) is 23.7. The van der Waals surface area contributed by atoms with Gasteiger partial charge >= 0.3 is 6.16 Å². The van der Waals surface area contributed by atoms with Gasteiger partial charge in [0.1, 0.15) is 22.8 Å². The number of carbonyl (C=O) groups excluding carboxylic acids is 1. The van der Waals surface area contributed by atoms with E-state index in [4.69, 9.17) is 14.2 Å². The Morgan fingerprint density at radius 3 is 1.65 bits per heavy atom. The van der Waals surface area contributed by atoms with Gasteiger partial charge < -0.3 is 14.2 Å². The smallest absolute Gasteiger partial charge is 0.457 e. The summed E-state index contributed by atoms with van der Waals surface area (Å²) in [6.07, 6.45) is -0.728. The second kappa shape index (κ2) is 8.92. The van der Waals surface area contributed by atoms with E-state index in [1.807, 2.05) is 12.1 Å². The minimum atomic E-state index is -0.728. The van der Waals surface area contributed by atoms with Gasteiger partial charge in [-0.1, -0.05) is 36.4 Å². The third-order valence-corrected chi connectivity index (χ3v) is 7.88. The van der Waals surface area contributed by atoms with Crippen molar-refractivity contribution >= 4 is 17.1 Å². The van der Waals surface area contributed by atoms with E-state index in [-0.39, 0.29) is 0 Å². The average molecular weight is 471 g/mol. The van der Waals surface area contributed by atoms with Crippen LogP contribution in [-0.4, -0.2) is 11.8 Å². The standard InChI is InChI=1S/C29H26O4S/c1-29(2,3)33-28(30)32-22-14-12-20(13-15-22)31-21-16-18-23(19-17-21)34-26-10-6-4-8-24(26)25-9-5-7-11-27(25)34/h4-19,34H,1-3H3.